The van der Waals surface area contributed by atoms with Crippen molar-refractivity contribution >= 4 is 33.3 Å². The van der Waals surface area contributed by atoms with Crippen molar-refractivity contribution in [2.75, 3.05) is 24.4 Å². The van der Waals surface area contributed by atoms with E-state index in [4.69, 9.17) is 0 Å². The van der Waals surface area contributed by atoms with Gasteiger partial charge in [0.05, 0.1) is 16.5 Å². The average molecular weight is 585 g/mol. The first kappa shape index (κ1) is 34.9. The van der Waals surface area contributed by atoms with Gasteiger partial charge in [-0.15, -0.1) is 5.10 Å². The zero-order valence-electron chi connectivity index (χ0n) is 24.6. The second kappa shape index (κ2) is 17.5. The van der Waals surface area contributed by atoms with Gasteiger partial charge < -0.3 is 10.2 Å². The van der Waals surface area contributed by atoms with Crippen molar-refractivity contribution in [3.63, 3.8) is 0 Å². The molecule has 1 rings (SSSR count). The van der Waals surface area contributed by atoms with E-state index in [1.807, 2.05) is 57.0 Å². The monoisotopic (exact) mass is 584 g/mol. The number of thioether (sulfide) groups is 1. The molecule has 0 fully saturated rings. The van der Waals surface area contributed by atoms with Crippen LogP contribution in [0.2, 0.25) is 0 Å². The molecule has 1 heterocycles. The van der Waals surface area contributed by atoms with Crippen molar-refractivity contribution in [1.29, 1.82) is 0 Å². The van der Waals surface area contributed by atoms with Gasteiger partial charge in [-0.2, -0.15) is 5.10 Å². The van der Waals surface area contributed by atoms with Crippen molar-refractivity contribution in [2.24, 2.45) is 0 Å². The molecule has 0 spiro atoms. The maximum Gasteiger partial charge on any atom is 0.229 e. The number of aromatic nitrogens is 2. The summed E-state index contributed by atoms with van der Waals surface area (Å²) in [5.41, 5.74) is 4.33. The van der Waals surface area contributed by atoms with Crippen LogP contribution in [0.5, 0.6) is 0 Å². The van der Waals surface area contributed by atoms with E-state index in [1.165, 1.54) is 18.0 Å². The number of rotatable bonds is 18. The van der Waals surface area contributed by atoms with Gasteiger partial charge in [-0.25, -0.2) is 8.42 Å². The van der Waals surface area contributed by atoms with E-state index in [0.717, 1.165) is 58.2 Å². The van der Waals surface area contributed by atoms with E-state index in [2.05, 4.69) is 41.8 Å². The molecular formula is C31H44N4O3S2. The Labute approximate surface area is 245 Å². The number of sulfone groups is 1. The number of unbranched alkanes of at least 4 members (excludes halogenated alkanes) is 1. The largest absolute Gasteiger partial charge is 0.343 e. The molecule has 1 aromatic rings. The lowest BCUT2D eigenvalue weighted by atomic mass is 10.1. The normalized spacial score (nSPS) is 12.6. The van der Waals surface area contributed by atoms with Crippen LogP contribution in [0.15, 0.2) is 95.1 Å². The summed E-state index contributed by atoms with van der Waals surface area (Å²) in [4.78, 5) is 14.9. The van der Waals surface area contributed by atoms with Crippen LogP contribution in [0, 0.1) is 0 Å². The smallest absolute Gasteiger partial charge is 0.229 e. The fraction of sp³-hybridized carbons (Fsp3) is 0.387. The molecule has 218 valence electrons. The number of carbonyl (C=O) groups is 1. The van der Waals surface area contributed by atoms with Crippen LogP contribution < -0.4 is 5.32 Å². The van der Waals surface area contributed by atoms with Gasteiger partial charge in [0.15, 0.2) is 15.7 Å². The highest BCUT2D eigenvalue weighted by molar-refractivity contribution is 8.06. The van der Waals surface area contributed by atoms with Gasteiger partial charge in [-0.05, 0) is 74.6 Å². The number of carbonyl (C=O) groups excluding carboxylic acids is 1. The third-order valence-electron chi connectivity index (χ3n) is 6.01. The van der Waals surface area contributed by atoms with Crippen LogP contribution in [0.4, 0.5) is 5.82 Å². The number of anilines is 1. The Balaban J connectivity index is 2.48. The highest BCUT2D eigenvalue weighted by Gasteiger charge is 2.12. The molecule has 0 aliphatic carbocycles. The Bertz CT molecular complexity index is 1270. The first-order chi connectivity index (χ1) is 18.8. The van der Waals surface area contributed by atoms with Crippen molar-refractivity contribution < 1.29 is 13.2 Å². The minimum absolute atomic E-state index is 0.0501. The molecule has 0 aliphatic rings. The van der Waals surface area contributed by atoms with Crippen LogP contribution in [0.3, 0.4) is 0 Å². The van der Waals surface area contributed by atoms with Gasteiger partial charge in [0.2, 0.25) is 5.91 Å². The molecule has 0 saturated heterocycles. The molecule has 9 heteroatoms. The topological polar surface area (TPSA) is 92.3 Å². The van der Waals surface area contributed by atoms with Gasteiger partial charge in [-0.1, -0.05) is 68.0 Å². The average Bonchev–Trinajstić information content (AvgIpc) is 2.89. The molecule has 0 atom stereocenters. The van der Waals surface area contributed by atoms with Gasteiger partial charge in [-0.3, -0.25) is 4.79 Å². The van der Waals surface area contributed by atoms with Crippen molar-refractivity contribution in [3.8, 4) is 0 Å². The van der Waals surface area contributed by atoms with E-state index in [9.17, 15) is 13.2 Å². The molecule has 0 aliphatic heterocycles. The molecule has 1 amide bonds. The Hall–Kier alpha value is -3.17. The first-order valence-corrected chi connectivity index (χ1v) is 16.0. The summed E-state index contributed by atoms with van der Waals surface area (Å²) in [6, 6.07) is 3.68. The number of amides is 1. The molecule has 1 N–H and O–H groups in total. The number of nitrogens with zero attached hydrogens (tertiary/aromatic N) is 3. The van der Waals surface area contributed by atoms with Gasteiger partial charge in [0, 0.05) is 31.8 Å². The number of hydrogen-bond donors (Lipinski definition) is 1. The molecule has 40 heavy (non-hydrogen) atoms. The number of aryl methyl sites for hydroxylation is 1. The molecule has 0 radical (unpaired) electrons. The molecule has 1 aromatic heterocycles. The summed E-state index contributed by atoms with van der Waals surface area (Å²) in [7, 11) is -1.23. The predicted molar refractivity (Wildman–Crippen MR) is 171 cm³/mol. The van der Waals surface area contributed by atoms with Gasteiger partial charge in [0.1, 0.15) is 0 Å². The summed E-state index contributed by atoms with van der Waals surface area (Å²) in [5.74, 6) is 0.306. The molecule has 0 unspecified atom stereocenters. The molecule has 0 saturated carbocycles. The Kier molecular flexibility index (Phi) is 15.3. The molecule has 0 bridgehead atoms. The Morgan fingerprint density at radius 2 is 1.77 bits per heavy atom. The predicted octanol–water partition coefficient (Wildman–Crippen LogP) is 7.14. The minimum atomic E-state index is -3.15. The van der Waals surface area contributed by atoms with E-state index >= 15 is 0 Å². The van der Waals surface area contributed by atoms with E-state index in [-0.39, 0.29) is 11.7 Å². The quantitative estimate of drug-likeness (QED) is 0.111. The molecule has 0 aromatic carbocycles. The third-order valence-corrected chi connectivity index (χ3v) is 7.87. The lowest BCUT2D eigenvalue weighted by molar-refractivity contribution is -0.115. The summed E-state index contributed by atoms with van der Waals surface area (Å²) in [6.07, 6.45) is 12.9. The van der Waals surface area contributed by atoms with Crippen LogP contribution in [-0.4, -0.2) is 48.5 Å². The fourth-order valence-electron chi connectivity index (χ4n) is 3.48. The summed E-state index contributed by atoms with van der Waals surface area (Å²) in [5, 5.41) is 11.9. The van der Waals surface area contributed by atoms with Crippen LogP contribution in [0.25, 0.3) is 0 Å². The number of hydrogen-bond acceptors (Lipinski definition) is 7. The number of allylic oxidation sites excluding steroid dienone is 6. The maximum atomic E-state index is 12.0. The minimum Gasteiger partial charge on any atom is -0.343 e. The maximum absolute atomic E-state index is 12.0. The van der Waals surface area contributed by atoms with Crippen molar-refractivity contribution in [2.45, 2.75) is 59.3 Å². The lowest BCUT2D eigenvalue weighted by Crippen LogP contribution is -2.14. The highest BCUT2D eigenvalue weighted by Crippen LogP contribution is 2.31. The zero-order chi connectivity index (χ0) is 30.3. The SMILES string of the molecule is C=C/C(=C\C(=C/C)CC(=C)N(C)C(=C)SC(=C)CCCCc1ccc(NC(=O)C/C(C)=C/C)nn1)CS(C)(=O)=O. The van der Waals surface area contributed by atoms with E-state index in [0.29, 0.717) is 24.2 Å². The second-order valence-electron chi connectivity index (χ2n) is 9.67. The summed E-state index contributed by atoms with van der Waals surface area (Å²) in [6.45, 7) is 22.0. The lowest BCUT2D eigenvalue weighted by Gasteiger charge is -2.24. The first-order valence-electron chi connectivity index (χ1n) is 13.1. The Morgan fingerprint density at radius 3 is 2.33 bits per heavy atom. The van der Waals surface area contributed by atoms with Gasteiger partial charge >= 0.3 is 0 Å². The summed E-state index contributed by atoms with van der Waals surface area (Å²) >= 11 is 1.53. The van der Waals surface area contributed by atoms with Crippen LogP contribution in [0.1, 0.15) is 58.6 Å². The van der Waals surface area contributed by atoms with E-state index < -0.39 is 9.84 Å². The fourth-order valence-corrected chi connectivity index (χ4v) is 5.14. The van der Waals surface area contributed by atoms with E-state index in [1.54, 1.807) is 12.1 Å². The summed E-state index contributed by atoms with van der Waals surface area (Å²) < 4.78 is 23.3. The standard InChI is InChI=1S/C31H44N4O3S2/c1-10-23(4)19-31(36)32-30-18-17-29(33-34-30)16-14-13-15-25(6)39-26(7)35(8)24(5)20-27(11-2)21-28(12-3)22-40(9,37)38/h10-12,17-18,21H,3,5-7,13-16,19-20,22H2,1-2,4,8-9H3,(H,32,34,36)/b23-10+,27-11-,28-21+. The zero-order valence-corrected chi connectivity index (χ0v) is 26.3. The molecule has 7 nitrogen and oxygen atoms in total. The Morgan fingerprint density at radius 1 is 1.07 bits per heavy atom. The van der Waals surface area contributed by atoms with Crippen molar-refractivity contribution in [1.82, 2.24) is 15.1 Å². The number of nitrogens with one attached hydrogen (secondary N) is 1. The third kappa shape index (κ3) is 14.3. The van der Waals surface area contributed by atoms with Crippen LogP contribution in [-0.2, 0) is 21.1 Å². The molecular weight excluding hydrogens is 541 g/mol. The van der Waals surface area contributed by atoms with Crippen LogP contribution >= 0.6 is 11.8 Å². The van der Waals surface area contributed by atoms with Crippen molar-refractivity contribution in [3.05, 3.63) is 101 Å². The second-order valence-corrected chi connectivity index (χ2v) is 13.1. The highest BCUT2D eigenvalue weighted by atomic mass is 32.2. The van der Waals surface area contributed by atoms with Gasteiger partial charge in [0.25, 0.3) is 0 Å².